The molecule has 0 saturated heterocycles. The first-order valence-electron chi connectivity index (χ1n) is 6.29. The highest BCUT2D eigenvalue weighted by atomic mass is 79.9. The monoisotopic (exact) mass is 319 g/mol. The van der Waals surface area contributed by atoms with Crippen LogP contribution in [-0.4, -0.2) is 11.0 Å². The number of halogens is 1. The summed E-state index contributed by atoms with van der Waals surface area (Å²) in [6, 6.07) is 12.8. The quantitative estimate of drug-likeness (QED) is 0.658. The number of aromatic nitrogens is 1. The van der Waals surface area contributed by atoms with E-state index in [1.54, 1.807) is 0 Å². The number of pyridine rings is 1. The zero-order valence-electron chi connectivity index (χ0n) is 10.9. The van der Waals surface area contributed by atoms with Crippen LogP contribution in [0.2, 0.25) is 0 Å². The molecular weight excluding hydrogens is 302 g/mol. The van der Waals surface area contributed by atoms with Crippen molar-refractivity contribution in [2.75, 3.05) is 0 Å². The first-order valence-corrected chi connectivity index (χ1v) is 7.09. The van der Waals surface area contributed by atoms with Gasteiger partial charge in [0, 0.05) is 28.8 Å². The molecule has 2 rings (SSSR count). The van der Waals surface area contributed by atoms with Crippen LogP contribution >= 0.6 is 15.9 Å². The van der Waals surface area contributed by atoms with Gasteiger partial charge in [-0.3, -0.25) is 16.3 Å². The Labute approximate surface area is 122 Å². The zero-order chi connectivity index (χ0) is 13.7. The van der Waals surface area contributed by atoms with Crippen molar-refractivity contribution in [3.8, 4) is 0 Å². The van der Waals surface area contributed by atoms with E-state index in [9.17, 15) is 0 Å². The van der Waals surface area contributed by atoms with E-state index in [0.717, 1.165) is 23.0 Å². The average molecular weight is 320 g/mol. The summed E-state index contributed by atoms with van der Waals surface area (Å²) in [7, 11) is 0. The largest absolute Gasteiger partial charge is 0.271 e. The first-order chi connectivity index (χ1) is 9.17. The Morgan fingerprint density at radius 2 is 1.89 bits per heavy atom. The van der Waals surface area contributed by atoms with E-state index in [2.05, 4.69) is 57.5 Å². The van der Waals surface area contributed by atoms with Gasteiger partial charge in [-0.05, 0) is 47.0 Å². The lowest BCUT2D eigenvalue weighted by atomic mass is 10.0. The summed E-state index contributed by atoms with van der Waals surface area (Å²) in [5.41, 5.74) is 6.47. The second kappa shape index (κ2) is 6.80. The van der Waals surface area contributed by atoms with E-state index in [1.165, 1.54) is 11.1 Å². The number of hydrazine groups is 1. The average Bonchev–Trinajstić information content (AvgIpc) is 2.43. The molecule has 0 aliphatic heterocycles. The highest BCUT2D eigenvalue weighted by Crippen LogP contribution is 2.11. The summed E-state index contributed by atoms with van der Waals surface area (Å²) >= 11 is 3.39. The molecule has 19 heavy (non-hydrogen) atoms. The number of hydrogen-bond acceptors (Lipinski definition) is 3. The Morgan fingerprint density at radius 3 is 2.47 bits per heavy atom. The minimum absolute atomic E-state index is 0.191. The van der Waals surface area contributed by atoms with Crippen molar-refractivity contribution in [3.63, 3.8) is 0 Å². The van der Waals surface area contributed by atoms with Crippen molar-refractivity contribution in [2.45, 2.75) is 25.8 Å². The Balaban J connectivity index is 2.00. The highest BCUT2D eigenvalue weighted by Gasteiger charge is 2.09. The van der Waals surface area contributed by atoms with Crippen LogP contribution in [-0.2, 0) is 12.8 Å². The van der Waals surface area contributed by atoms with Crippen LogP contribution in [0.3, 0.4) is 0 Å². The van der Waals surface area contributed by atoms with Crippen LogP contribution in [0, 0.1) is 6.92 Å². The van der Waals surface area contributed by atoms with Crippen molar-refractivity contribution in [3.05, 3.63) is 63.9 Å². The van der Waals surface area contributed by atoms with Crippen molar-refractivity contribution in [2.24, 2.45) is 5.84 Å². The van der Waals surface area contributed by atoms with Crippen LogP contribution in [0.1, 0.15) is 16.8 Å². The van der Waals surface area contributed by atoms with Crippen molar-refractivity contribution >= 4 is 15.9 Å². The van der Waals surface area contributed by atoms with Crippen LogP contribution in [0.25, 0.3) is 0 Å². The number of hydrogen-bond donors (Lipinski definition) is 2. The molecule has 2 aromatic rings. The second-order valence-electron chi connectivity index (χ2n) is 4.73. The minimum atomic E-state index is 0.191. The highest BCUT2D eigenvalue weighted by molar-refractivity contribution is 9.10. The maximum Gasteiger partial charge on any atom is 0.0420 e. The molecular formula is C15H18BrN3. The van der Waals surface area contributed by atoms with Crippen LogP contribution < -0.4 is 11.3 Å². The molecule has 0 bridgehead atoms. The summed E-state index contributed by atoms with van der Waals surface area (Å²) < 4.78 is 0.993. The Bertz CT molecular complexity index is 460. The maximum atomic E-state index is 5.64. The fourth-order valence-corrected chi connectivity index (χ4v) is 2.21. The van der Waals surface area contributed by atoms with Crippen molar-refractivity contribution in [1.82, 2.24) is 10.4 Å². The zero-order valence-corrected chi connectivity index (χ0v) is 12.5. The molecule has 0 saturated carbocycles. The predicted octanol–water partition coefficient (Wildman–Crippen LogP) is 2.77. The summed E-state index contributed by atoms with van der Waals surface area (Å²) in [5, 5.41) is 0. The molecule has 0 radical (unpaired) electrons. The third-order valence-electron chi connectivity index (χ3n) is 3.08. The first kappa shape index (κ1) is 14.2. The molecule has 1 atom stereocenters. The topological polar surface area (TPSA) is 50.9 Å². The molecule has 0 spiro atoms. The Morgan fingerprint density at radius 1 is 1.16 bits per heavy atom. The van der Waals surface area contributed by atoms with Gasteiger partial charge in [0.1, 0.15) is 0 Å². The van der Waals surface area contributed by atoms with E-state index in [4.69, 9.17) is 5.84 Å². The number of rotatable bonds is 5. The van der Waals surface area contributed by atoms with Gasteiger partial charge in [-0.15, -0.1) is 0 Å². The van der Waals surface area contributed by atoms with Gasteiger partial charge in [0.25, 0.3) is 0 Å². The maximum absolute atomic E-state index is 5.64. The van der Waals surface area contributed by atoms with E-state index in [-0.39, 0.29) is 6.04 Å². The van der Waals surface area contributed by atoms with Crippen molar-refractivity contribution < 1.29 is 0 Å². The summed E-state index contributed by atoms with van der Waals surface area (Å²) in [6.07, 6.45) is 3.53. The summed E-state index contributed by atoms with van der Waals surface area (Å²) in [5.74, 6) is 5.64. The molecule has 1 aromatic carbocycles. The molecule has 0 aliphatic carbocycles. The molecule has 0 aliphatic rings. The lowest BCUT2D eigenvalue weighted by molar-refractivity contribution is 0.517. The molecule has 1 heterocycles. The number of nitrogens with one attached hydrogen (secondary N) is 1. The molecule has 1 unspecified atom stereocenters. The van der Waals surface area contributed by atoms with Gasteiger partial charge in [-0.2, -0.15) is 0 Å². The third-order valence-corrected chi connectivity index (χ3v) is 3.55. The molecule has 3 nitrogen and oxygen atoms in total. The summed E-state index contributed by atoms with van der Waals surface area (Å²) in [6.45, 7) is 2.09. The van der Waals surface area contributed by atoms with Gasteiger partial charge < -0.3 is 0 Å². The Hall–Kier alpha value is -1.23. The number of aryl methyl sites for hydroxylation is 1. The van der Waals surface area contributed by atoms with E-state index >= 15 is 0 Å². The molecule has 0 amide bonds. The van der Waals surface area contributed by atoms with Gasteiger partial charge in [0.2, 0.25) is 0 Å². The van der Waals surface area contributed by atoms with Gasteiger partial charge >= 0.3 is 0 Å². The molecule has 100 valence electrons. The van der Waals surface area contributed by atoms with Gasteiger partial charge in [0.05, 0.1) is 0 Å². The fourth-order valence-electron chi connectivity index (χ4n) is 1.98. The summed E-state index contributed by atoms with van der Waals surface area (Å²) in [4.78, 5) is 4.38. The van der Waals surface area contributed by atoms with E-state index < -0.39 is 0 Å². The lowest BCUT2D eigenvalue weighted by Gasteiger charge is -2.15. The van der Waals surface area contributed by atoms with Crippen LogP contribution in [0.4, 0.5) is 0 Å². The number of nitrogens with two attached hydrogens (primary N) is 1. The predicted molar refractivity (Wildman–Crippen MR) is 81.6 cm³/mol. The van der Waals surface area contributed by atoms with E-state index in [1.807, 2.05) is 18.3 Å². The molecule has 4 heteroatoms. The molecule has 0 fully saturated rings. The second-order valence-corrected chi connectivity index (χ2v) is 5.64. The number of benzene rings is 1. The third kappa shape index (κ3) is 4.42. The van der Waals surface area contributed by atoms with E-state index in [0.29, 0.717) is 0 Å². The van der Waals surface area contributed by atoms with Crippen LogP contribution in [0.5, 0.6) is 0 Å². The standard InChI is InChI=1S/C15H18BrN3/c1-11-2-4-12(5-3-11)8-15(19-17)9-14-7-6-13(16)10-18-14/h2-7,10,15,19H,8-9,17H2,1H3. The fraction of sp³-hybridized carbons (Fsp3) is 0.267. The van der Waals surface area contributed by atoms with Crippen LogP contribution in [0.15, 0.2) is 47.1 Å². The SMILES string of the molecule is Cc1ccc(CC(Cc2ccc(Br)cn2)NN)cc1. The Kier molecular flexibility index (Phi) is 5.07. The number of nitrogens with zero attached hydrogens (tertiary/aromatic N) is 1. The smallest absolute Gasteiger partial charge is 0.0420 e. The van der Waals surface area contributed by atoms with Gasteiger partial charge in [-0.1, -0.05) is 29.8 Å². The molecule has 3 N–H and O–H groups in total. The van der Waals surface area contributed by atoms with Crippen molar-refractivity contribution in [1.29, 1.82) is 0 Å². The molecule has 1 aromatic heterocycles. The minimum Gasteiger partial charge on any atom is -0.271 e. The lowest BCUT2D eigenvalue weighted by Crippen LogP contribution is -2.38. The van der Waals surface area contributed by atoms with Gasteiger partial charge in [0.15, 0.2) is 0 Å². The normalized spacial score (nSPS) is 12.4. The van der Waals surface area contributed by atoms with Gasteiger partial charge in [-0.25, -0.2) is 0 Å².